The molecule has 3 rings (SSSR count). The van der Waals surface area contributed by atoms with E-state index in [2.05, 4.69) is 4.74 Å². The standard InChI is InChI=1S/C17H23F2N3O6S/c1-26-14-4-2-3-13(15(14)28-17(18)19)16(23)20-5-7-21(8-6-20)29(24,25)22-9-11-27-12-10-22/h2-4,17H,5-12H2,1H3. The number of rotatable bonds is 6. The topological polar surface area (TPSA) is 88.6 Å². The first kappa shape index (κ1) is 21.7. The quantitative estimate of drug-likeness (QED) is 0.652. The van der Waals surface area contributed by atoms with Crippen molar-refractivity contribution < 1.29 is 36.2 Å². The zero-order chi connectivity index (χ0) is 21.0. The number of alkyl halides is 2. The number of carbonyl (C=O) groups excluding carboxylic acids is 1. The molecule has 2 aliphatic rings. The van der Waals surface area contributed by atoms with E-state index in [0.29, 0.717) is 26.3 Å². The molecule has 0 unspecified atom stereocenters. The van der Waals surface area contributed by atoms with Gasteiger partial charge in [-0.3, -0.25) is 4.79 Å². The third-order valence-electron chi connectivity index (χ3n) is 4.78. The number of para-hydroxylation sites is 1. The molecule has 2 heterocycles. The van der Waals surface area contributed by atoms with Crippen molar-refractivity contribution in [1.29, 1.82) is 0 Å². The van der Waals surface area contributed by atoms with Crippen molar-refractivity contribution in [1.82, 2.24) is 13.5 Å². The second-order valence-electron chi connectivity index (χ2n) is 6.43. The monoisotopic (exact) mass is 435 g/mol. The first-order chi connectivity index (χ1) is 13.8. The van der Waals surface area contributed by atoms with Crippen molar-refractivity contribution >= 4 is 16.1 Å². The van der Waals surface area contributed by atoms with Gasteiger partial charge in [-0.2, -0.15) is 25.8 Å². The Kier molecular flexibility index (Phi) is 6.88. The molecule has 2 saturated heterocycles. The summed E-state index contributed by atoms with van der Waals surface area (Å²) in [4.78, 5) is 14.3. The summed E-state index contributed by atoms with van der Waals surface area (Å²) in [7, 11) is -2.34. The minimum atomic E-state index is -3.63. The number of methoxy groups -OCH3 is 1. The number of ether oxygens (including phenoxy) is 3. The Morgan fingerprint density at radius 1 is 1.07 bits per heavy atom. The number of carbonyl (C=O) groups is 1. The van der Waals surface area contributed by atoms with Crippen LogP contribution < -0.4 is 9.47 Å². The summed E-state index contributed by atoms with van der Waals surface area (Å²) in [5.41, 5.74) is -0.0610. The number of halogens is 2. The minimum absolute atomic E-state index is 0.0182. The number of morpholine rings is 1. The summed E-state index contributed by atoms with van der Waals surface area (Å²) in [5.74, 6) is -0.842. The van der Waals surface area contributed by atoms with Gasteiger partial charge >= 0.3 is 6.61 Å². The van der Waals surface area contributed by atoms with Crippen LogP contribution in [0.15, 0.2) is 18.2 Å². The summed E-state index contributed by atoms with van der Waals surface area (Å²) in [6.07, 6.45) is 0. The average Bonchev–Trinajstić information content (AvgIpc) is 2.73. The SMILES string of the molecule is COc1cccc(C(=O)N2CCN(S(=O)(=O)N3CCOCC3)CC2)c1OC(F)F. The summed E-state index contributed by atoms with van der Waals surface area (Å²) < 4.78 is 68.4. The zero-order valence-corrected chi connectivity index (χ0v) is 16.7. The lowest BCUT2D eigenvalue weighted by Crippen LogP contribution is -2.55. The highest BCUT2D eigenvalue weighted by Crippen LogP contribution is 2.33. The Morgan fingerprint density at radius 2 is 1.69 bits per heavy atom. The molecule has 1 aromatic rings. The van der Waals surface area contributed by atoms with Crippen molar-refractivity contribution in [2.75, 3.05) is 59.6 Å². The van der Waals surface area contributed by atoms with Crippen LogP contribution in [0.5, 0.6) is 11.5 Å². The number of benzene rings is 1. The average molecular weight is 435 g/mol. The molecule has 0 spiro atoms. The van der Waals surface area contributed by atoms with E-state index in [4.69, 9.17) is 9.47 Å². The molecule has 0 radical (unpaired) electrons. The molecule has 2 fully saturated rings. The van der Waals surface area contributed by atoms with Crippen molar-refractivity contribution in [3.05, 3.63) is 23.8 Å². The van der Waals surface area contributed by atoms with Gasteiger partial charge in [0.15, 0.2) is 11.5 Å². The van der Waals surface area contributed by atoms with E-state index in [1.165, 1.54) is 38.8 Å². The van der Waals surface area contributed by atoms with Crippen LogP contribution >= 0.6 is 0 Å². The van der Waals surface area contributed by atoms with Crippen LogP contribution in [0.4, 0.5) is 8.78 Å². The van der Waals surface area contributed by atoms with Crippen LogP contribution in [0.2, 0.25) is 0 Å². The maximum absolute atomic E-state index is 12.9. The molecular formula is C17H23F2N3O6S. The summed E-state index contributed by atoms with van der Waals surface area (Å²) in [6.45, 7) is -1.35. The fourth-order valence-corrected chi connectivity index (χ4v) is 4.85. The van der Waals surface area contributed by atoms with Gasteiger partial charge in [-0.15, -0.1) is 0 Å². The molecular weight excluding hydrogens is 412 g/mol. The van der Waals surface area contributed by atoms with Gasteiger partial charge in [0.25, 0.3) is 16.1 Å². The van der Waals surface area contributed by atoms with Crippen molar-refractivity contribution in [3.63, 3.8) is 0 Å². The largest absolute Gasteiger partial charge is 0.493 e. The molecule has 0 bridgehead atoms. The fraction of sp³-hybridized carbons (Fsp3) is 0.588. The van der Waals surface area contributed by atoms with E-state index in [1.807, 2.05) is 0 Å². The van der Waals surface area contributed by atoms with E-state index >= 15 is 0 Å². The second kappa shape index (κ2) is 9.20. The van der Waals surface area contributed by atoms with E-state index in [1.54, 1.807) is 0 Å². The van der Waals surface area contributed by atoms with Crippen molar-refractivity contribution in [2.45, 2.75) is 6.61 Å². The van der Waals surface area contributed by atoms with Gasteiger partial charge in [0.2, 0.25) is 0 Å². The van der Waals surface area contributed by atoms with Crippen molar-refractivity contribution in [2.24, 2.45) is 0 Å². The number of hydrogen-bond acceptors (Lipinski definition) is 6. The van der Waals surface area contributed by atoms with E-state index in [0.717, 1.165) is 0 Å². The van der Waals surface area contributed by atoms with Crippen LogP contribution in [0.3, 0.4) is 0 Å². The van der Waals surface area contributed by atoms with E-state index in [9.17, 15) is 22.0 Å². The highest BCUT2D eigenvalue weighted by atomic mass is 32.2. The molecule has 0 aromatic heterocycles. The predicted octanol–water partition coefficient (Wildman–Crippen LogP) is 0.631. The third-order valence-corrected chi connectivity index (χ3v) is 6.82. The van der Waals surface area contributed by atoms with E-state index < -0.39 is 22.7 Å². The predicted molar refractivity (Wildman–Crippen MR) is 98.4 cm³/mol. The van der Waals surface area contributed by atoms with Gasteiger partial charge in [-0.1, -0.05) is 6.07 Å². The molecule has 2 aliphatic heterocycles. The Labute approximate surface area is 167 Å². The molecule has 12 heteroatoms. The molecule has 29 heavy (non-hydrogen) atoms. The maximum atomic E-state index is 12.9. The fourth-order valence-electron chi connectivity index (χ4n) is 3.29. The molecule has 9 nitrogen and oxygen atoms in total. The van der Waals surface area contributed by atoms with Crippen LogP contribution in [0, 0.1) is 0 Å². The molecule has 0 atom stereocenters. The molecule has 1 amide bonds. The van der Waals surface area contributed by atoms with Crippen LogP contribution in [0.25, 0.3) is 0 Å². The highest BCUT2D eigenvalue weighted by Gasteiger charge is 2.35. The summed E-state index contributed by atoms with van der Waals surface area (Å²) in [5, 5.41) is 0. The lowest BCUT2D eigenvalue weighted by molar-refractivity contribution is -0.0516. The first-order valence-corrected chi connectivity index (χ1v) is 10.5. The Morgan fingerprint density at radius 3 is 2.28 bits per heavy atom. The minimum Gasteiger partial charge on any atom is -0.493 e. The van der Waals surface area contributed by atoms with Crippen LogP contribution in [-0.4, -0.2) is 94.0 Å². The summed E-state index contributed by atoms with van der Waals surface area (Å²) >= 11 is 0. The van der Waals surface area contributed by atoms with E-state index in [-0.39, 0.29) is 43.2 Å². The highest BCUT2D eigenvalue weighted by molar-refractivity contribution is 7.86. The van der Waals surface area contributed by atoms with Gasteiger partial charge in [0.1, 0.15) is 0 Å². The Balaban J connectivity index is 1.70. The van der Waals surface area contributed by atoms with Gasteiger partial charge in [0.05, 0.1) is 25.9 Å². The number of piperazine rings is 1. The normalized spacial score (nSPS) is 19.4. The summed E-state index contributed by atoms with van der Waals surface area (Å²) in [6, 6.07) is 4.30. The molecule has 0 aliphatic carbocycles. The van der Waals surface area contributed by atoms with Gasteiger partial charge in [-0.05, 0) is 12.1 Å². The first-order valence-electron chi connectivity index (χ1n) is 9.08. The molecule has 0 N–H and O–H groups in total. The Hall–Kier alpha value is -2.02. The number of nitrogens with zero attached hydrogens (tertiary/aromatic N) is 3. The van der Waals surface area contributed by atoms with Gasteiger partial charge < -0.3 is 19.1 Å². The lowest BCUT2D eigenvalue weighted by atomic mass is 10.1. The molecule has 1 aromatic carbocycles. The lowest BCUT2D eigenvalue weighted by Gasteiger charge is -2.37. The Bertz CT molecular complexity index is 824. The zero-order valence-electron chi connectivity index (χ0n) is 15.9. The van der Waals surface area contributed by atoms with Crippen molar-refractivity contribution in [3.8, 4) is 11.5 Å². The maximum Gasteiger partial charge on any atom is 0.387 e. The third kappa shape index (κ3) is 4.77. The molecule has 162 valence electrons. The van der Waals surface area contributed by atoms with Gasteiger partial charge in [-0.25, -0.2) is 0 Å². The van der Waals surface area contributed by atoms with Crippen LogP contribution in [0.1, 0.15) is 10.4 Å². The smallest absolute Gasteiger partial charge is 0.387 e. The number of amides is 1. The van der Waals surface area contributed by atoms with Gasteiger partial charge in [0, 0.05) is 39.3 Å². The second-order valence-corrected chi connectivity index (χ2v) is 8.35. The molecule has 0 saturated carbocycles. The van der Waals surface area contributed by atoms with Crippen LogP contribution in [-0.2, 0) is 14.9 Å². The number of hydrogen-bond donors (Lipinski definition) is 0.